The molecule has 4 N–H and O–H groups in total. The van der Waals surface area contributed by atoms with Crippen LogP contribution < -0.4 is 5.32 Å². The highest BCUT2D eigenvalue weighted by Gasteiger charge is 2.20. The molecule has 1 amide bonds. The number of amides is 1. The van der Waals surface area contributed by atoms with Crippen LogP contribution in [0.25, 0.3) is 0 Å². The van der Waals surface area contributed by atoms with Gasteiger partial charge in [-0.3, -0.25) is 4.79 Å². The molecule has 0 aliphatic heterocycles. The lowest BCUT2D eigenvalue weighted by atomic mass is 10.0. The molecule has 0 bridgehead atoms. The van der Waals surface area contributed by atoms with E-state index >= 15 is 0 Å². The number of carbonyl (C=O) groups excluding carboxylic acids is 1. The number of hydrogen-bond donors (Lipinski definition) is 4. The molecule has 0 radical (unpaired) electrons. The molecule has 0 aliphatic carbocycles. The van der Waals surface area contributed by atoms with Gasteiger partial charge in [-0.05, 0) is 44.9 Å². The van der Waals surface area contributed by atoms with Crippen molar-refractivity contribution in [2.24, 2.45) is 0 Å². The van der Waals surface area contributed by atoms with Crippen molar-refractivity contribution < 1.29 is 20.1 Å². The van der Waals surface area contributed by atoms with E-state index in [1.54, 1.807) is 6.08 Å². The monoisotopic (exact) mass is 774 g/mol. The lowest BCUT2D eigenvalue weighted by molar-refractivity contribution is -0.124. The zero-order valence-corrected chi connectivity index (χ0v) is 36.8. The Morgan fingerprint density at radius 2 is 0.782 bits per heavy atom. The zero-order valence-electron chi connectivity index (χ0n) is 36.8. The molecule has 0 fully saturated rings. The Hall–Kier alpha value is -1.43. The van der Waals surface area contributed by atoms with Crippen molar-refractivity contribution in [2.45, 2.75) is 270 Å². The predicted molar refractivity (Wildman–Crippen MR) is 241 cm³/mol. The summed E-state index contributed by atoms with van der Waals surface area (Å²) in [4.78, 5) is 12.4. The van der Waals surface area contributed by atoms with Gasteiger partial charge in [-0.25, -0.2) is 0 Å². The van der Waals surface area contributed by atoms with E-state index in [0.29, 0.717) is 6.42 Å². The minimum absolute atomic E-state index is 0.00499. The summed E-state index contributed by atoms with van der Waals surface area (Å²) in [6.07, 6.45) is 57.3. The summed E-state index contributed by atoms with van der Waals surface area (Å²) in [7, 11) is 0. The second-order valence-corrected chi connectivity index (χ2v) is 16.7. The van der Waals surface area contributed by atoms with Gasteiger partial charge in [0.2, 0.25) is 5.91 Å². The third-order valence-corrected chi connectivity index (χ3v) is 11.2. The van der Waals surface area contributed by atoms with Crippen LogP contribution in [0.1, 0.15) is 251 Å². The summed E-state index contributed by atoms with van der Waals surface area (Å²) in [6.45, 7) is 4.21. The van der Waals surface area contributed by atoms with Gasteiger partial charge >= 0.3 is 0 Å². The molecule has 0 saturated heterocycles. The smallest absolute Gasteiger partial charge is 0.222 e. The fourth-order valence-corrected chi connectivity index (χ4v) is 7.43. The summed E-state index contributed by atoms with van der Waals surface area (Å²) in [6, 6.07) is -0.765. The highest BCUT2D eigenvalue weighted by molar-refractivity contribution is 5.76. The fraction of sp³-hybridized carbons (Fsp3) is 0.860. The van der Waals surface area contributed by atoms with Crippen LogP contribution in [0.3, 0.4) is 0 Å². The molecule has 0 aromatic heterocycles. The largest absolute Gasteiger partial charge is 0.394 e. The Labute approximate surface area is 343 Å². The van der Waals surface area contributed by atoms with Crippen LogP contribution in [0.2, 0.25) is 0 Å². The van der Waals surface area contributed by atoms with E-state index < -0.39 is 18.2 Å². The fourth-order valence-electron chi connectivity index (χ4n) is 7.43. The van der Waals surface area contributed by atoms with Crippen molar-refractivity contribution in [2.75, 3.05) is 6.61 Å². The van der Waals surface area contributed by atoms with Gasteiger partial charge in [0.25, 0.3) is 0 Å². The highest BCUT2D eigenvalue weighted by atomic mass is 16.3. The number of aliphatic hydroxyl groups is 3. The van der Waals surface area contributed by atoms with E-state index in [1.807, 2.05) is 6.08 Å². The lowest BCUT2D eigenvalue weighted by Gasteiger charge is -2.21. The molecular formula is C50H95NO4. The molecular weight excluding hydrogens is 679 g/mol. The number of hydrogen-bond acceptors (Lipinski definition) is 4. The normalized spacial score (nSPS) is 13.8. The third kappa shape index (κ3) is 42.0. The van der Waals surface area contributed by atoms with Crippen LogP contribution in [0.5, 0.6) is 0 Å². The van der Waals surface area contributed by atoms with E-state index in [-0.39, 0.29) is 18.9 Å². The molecule has 5 heteroatoms. The summed E-state index contributed by atoms with van der Waals surface area (Å²) in [5, 5.41) is 33.3. The number of rotatable bonds is 44. The highest BCUT2D eigenvalue weighted by Crippen LogP contribution is 2.16. The number of carbonyl (C=O) groups is 1. The van der Waals surface area contributed by atoms with Gasteiger partial charge in [-0.2, -0.15) is 0 Å². The Bertz CT molecular complexity index is 855. The molecule has 3 unspecified atom stereocenters. The minimum atomic E-state index is -0.958. The molecule has 0 aromatic rings. The second kappa shape index (κ2) is 45.3. The average Bonchev–Trinajstić information content (AvgIpc) is 3.18. The van der Waals surface area contributed by atoms with E-state index in [2.05, 4.69) is 43.5 Å². The van der Waals surface area contributed by atoms with E-state index in [4.69, 9.17) is 0 Å². The van der Waals surface area contributed by atoms with Gasteiger partial charge < -0.3 is 20.6 Å². The first-order valence-corrected chi connectivity index (χ1v) is 24.3. The van der Waals surface area contributed by atoms with Gasteiger partial charge in [0.1, 0.15) is 0 Å². The molecule has 3 atom stereocenters. The van der Waals surface area contributed by atoms with Crippen molar-refractivity contribution >= 4 is 5.91 Å². The predicted octanol–water partition coefficient (Wildman–Crippen LogP) is 14.3. The molecule has 0 heterocycles. The van der Waals surface area contributed by atoms with E-state index in [0.717, 1.165) is 38.5 Å². The quantitative estimate of drug-likeness (QED) is 0.0367. The number of aliphatic hydroxyl groups excluding tert-OH is 3. The maximum absolute atomic E-state index is 12.4. The lowest BCUT2D eigenvalue weighted by Crippen LogP contribution is -2.45. The number of allylic oxidation sites excluding steroid dienone is 5. The van der Waals surface area contributed by atoms with Crippen LogP contribution in [0, 0.1) is 0 Å². The molecule has 0 rings (SSSR count). The van der Waals surface area contributed by atoms with Gasteiger partial charge in [-0.15, -0.1) is 0 Å². The van der Waals surface area contributed by atoms with E-state index in [9.17, 15) is 20.1 Å². The minimum Gasteiger partial charge on any atom is -0.394 e. The Morgan fingerprint density at radius 3 is 1.16 bits per heavy atom. The molecule has 0 aliphatic rings. The first-order valence-electron chi connectivity index (χ1n) is 24.3. The van der Waals surface area contributed by atoms with Crippen molar-refractivity contribution in [1.29, 1.82) is 0 Å². The topological polar surface area (TPSA) is 89.8 Å². The Balaban J connectivity index is 3.68. The third-order valence-electron chi connectivity index (χ3n) is 11.2. The van der Waals surface area contributed by atoms with Crippen molar-refractivity contribution in [3.05, 3.63) is 36.5 Å². The van der Waals surface area contributed by atoms with Gasteiger partial charge in [0.05, 0.1) is 31.3 Å². The Kier molecular flexibility index (Phi) is 44.1. The second-order valence-electron chi connectivity index (χ2n) is 16.7. The molecule has 5 nitrogen and oxygen atoms in total. The van der Waals surface area contributed by atoms with E-state index in [1.165, 1.54) is 186 Å². The summed E-state index contributed by atoms with van der Waals surface area (Å²) < 4.78 is 0. The standard InChI is InChI=1S/C50H95NO4/c1-3-5-7-9-11-13-15-17-19-20-21-22-23-24-25-26-27-28-30-32-34-36-38-40-42-44-49(54)48(46-52)51-50(55)45-47(53)43-41-39-37-35-33-31-29-18-16-14-12-10-8-6-4-2/h27-28,34,36,42,44,47-49,52-54H,3-26,29-33,35,37-41,43,45-46H2,1-2H3,(H,51,55)/b28-27+,36-34+,44-42+. The number of nitrogens with one attached hydrogen (secondary N) is 1. The maximum Gasteiger partial charge on any atom is 0.222 e. The van der Waals surface area contributed by atoms with Crippen molar-refractivity contribution in [3.63, 3.8) is 0 Å². The maximum atomic E-state index is 12.4. The number of unbranched alkanes of at least 4 members (excludes halogenated alkanes) is 31. The summed E-state index contributed by atoms with van der Waals surface area (Å²) in [5.41, 5.74) is 0. The van der Waals surface area contributed by atoms with Crippen LogP contribution in [-0.2, 0) is 4.79 Å². The zero-order chi connectivity index (χ0) is 40.1. The molecule has 0 aromatic carbocycles. The summed E-state index contributed by atoms with van der Waals surface area (Å²) >= 11 is 0. The van der Waals surface area contributed by atoms with Crippen molar-refractivity contribution in [3.8, 4) is 0 Å². The SMILES string of the molecule is CCCCCCCCCCCCCCCCC/C=C/CC/C=C/CC/C=C/C(O)C(CO)NC(=O)CC(O)CCCCCCCCCCCCCCCCC. The molecule has 0 spiro atoms. The Morgan fingerprint density at radius 1 is 0.455 bits per heavy atom. The van der Waals surface area contributed by atoms with Crippen LogP contribution in [-0.4, -0.2) is 46.1 Å². The van der Waals surface area contributed by atoms with Gasteiger partial charge in [0.15, 0.2) is 0 Å². The molecule has 55 heavy (non-hydrogen) atoms. The van der Waals surface area contributed by atoms with Crippen LogP contribution >= 0.6 is 0 Å². The van der Waals surface area contributed by atoms with Crippen LogP contribution in [0.15, 0.2) is 36.5 Å². The van der Waals surface area contributed by atoms with Crippen LogP contribution in [0.4, 0.5) is 0 Å². The van der Waals surface area contributed by atoms with Gasteiger partial charge in [-0.1, -0.05) is 237 Å². The van der Waals surface area contributed by atoms with Gasteiger partial charge in [0, 0.05) is 0 Å². The molecule has 324 valence electrons. The van der Waals surface area contributed by atoms with Crippen molar-refractivity contribution in [1.82, 2.24) is 5.32 Å². The summed E-state index contributed by atoms with van der Waals surface area (Å²) in [5.74, 6) is -0.327. The first kappa shape index (κ1) is 53.6. The molecule has 0 saturated carbocycles. The first-order chi connectivity index (χ1) is 27.0. The average molecular weight is 774 g/mol.